The van der Waals surface area contributed by atoms with Gasteiger partial charge in [-0.15, -0.1) is 11.3 Å². The van der Waals surface area contributed by atoms with E-state index in [1.807, 2.05) is 42.6 Å². The summed E-state index contributed by atoms with van der Waals surface area (Å²) < 4.78 is 5.79. The third-order valence-electron chi connectivity index (χ3n) is 4.83. The van der Waals surface area contributed by atoms with Crippen molar-refractivity contribution in [2.45, 2.75) is 20.0 Å². The van der Waals surface area contributed by atoms with Crippen molar-refractivity contribution >= 4 is 34.0 Å². The lowest BCUT2D eigenvalue weighted by Gasteiger charge is -2.15. The Hall–Kier alpha value is -3.15. The maximum absolute atomic E-state index is 12.5. The minimum Gasteiger partial charge on any atom is -0.481 e. The molecule has 3 aromatic carbocycles. The Morgan fingerprint density at radius 3 is 2.39 bits per heavy atom. The Morgan fingerprint density at radius 1 is 1.00 bits per heavy atom. The van der Waals surface area contributed by atoms with Crippen LogP contribution in [0.2, 0.25) is 5.02 Å². The Balaban J connectivity index is 1.41. The van der Waals surface area contributed by atoms with E-state index in [9.17, 15) is 4.79 Å². The lowest BCUT2D eigenvalue weighted by atomic mass is 10.0. The second-order valence-electron chi connectivity index (χ2n) is 7.14. The summed E-state index contributed by atoms with van der Waals surface area (Å²) in [7, 11) is 0. The average Bonchev–Trinajstić information content (AvgIpc) is 3.25. The van der Waals surface area contributed by atoms with Crippen LogP contribution in [0.15, 0.2) is 78.2 Å². The number of nitrogens with zero attached hydrogens (tertiary/aromatic N) is 1. The summed E-state index contributed by atoms with van der Waals surface area (Å²) in [6.45, 7) is 3.60. The number of amides is 1. The highest BCUT2D eigenvalue weighted by Gasteiger charge is 2.17. The van der Waals surface area contributed by atoms with Crippen LogP contribution in [0.4, 0.5) is 5.13 Å². The van der Waals surface area contributed by atoms with Crippen molar-refractivity contribution in [1.29, 1.82) is 0 Å². The van der Waals surface area contributed by atoms with Crippen LogP contribution in [0, 0.1) is 6.92 Å². The van der Waals surface area contributed by atoms with Crippen molar-refractivity contribution < 1.29 is 9.53 Å². The molecule has 4 rings (SSSR count). The molecule has 4 nitrogen and oxygen atoms in total. The fourth-order valence-corrected chi connectivity index (χ4v) is 4.07. The number of carbonyl (C=O) groups is 1. The number of hydrogen-bond donors (Lipinski definition) is 1. The van der Waals surface area contributed by atoms with Gasteiger partial charge in [-0.3, -0.25) is 10.1 Å². The molecule has 1 heterocycles. The number of halogens is 1. The van der Waals surface area contributed by atoms with E-state index < -0.39 is 6.10 Å². The number of benzene rings is 3. The Bertz CT molecular complexity index is 1190. The number of ether oxygens (including phenoxy) is 1. The van der Waals surface area contributed by atoms with Crippen molar-refractivity contribution in [2.24, 2.45) is 0 Å². The van der Waals surface area contributed by atoms with Crippen LogP contribution < -0.4 is 10.1 Å². The molecular formula is C25H21ClN2O2S. The fourth-order valence-electron chi connectivity index (χ4n) is 3.12. The van der Waals surface area contributed by atoms with E-state index in [0.717, 1.165) is 22.4 Å². The van der Waals surface area contributed by atoms with Crippen LogP contribution in [0.3, 0.4) is 0 Å². The van der Waals surface area contributed by atoms with Gasteiger partial charge in [-0.05, 0) is 48.7 Å². The maximum Gasteiger partial charge on any atom is 0.266 e. The summed E-state index contributed by atoms with van der Waals surface area (Å²) >= 11 is 7.36. The fraction of sp³-hybridized carbons (Fsp3) is 0.120. The van der Waals surface area contributed by atoms with Gasteiger partial charge in [0.25, 0.3) is 5.91 Å². The molecule has 0 spiro atoms. The van der Waals surface area contributed by atoms with Gasteiger partial charge in [0.1, 0.15) is 5.75 Å². The number of aryl methyl sites for hydroxylation is 1. The second-order valence-corrected chi connectivity index (χ2v) is 8.43. The first-order chi connectivity index (χ1) is 15.0. The molecule has 0 saturated heterocycles. The van der Waals surface area contributed by atoms with E-state index in [1.54, 1.807) is 25.1 Å². The van der Waals surface area contributed by atoms with Crippen LogP contribution in [0.25, 0.3) is 22.4 Å². The molecule has 1 aromatic heterocycles. The van der Waals surface area contributed by atoms with E-state index in [0.29, 0.717) is 15.9 Å². The minimum atomic E-state index is -0.669. The molecule has 0 aliphatic heterocycles. The van der Waals surface area contributed by atoms with Crippen LogP contribution >= 0.6 is 22.9 Å². The zero-order chi connectivity index (χ0) is 21.8. The third kappa shape index (κ3) is 5.13. The monoisotopic (exact) mass is 448 g/mol. The number of carbonyl (C=O) groups excluding carboxylic acids is 1. The number of nitrogens with one attached hydrogen (secondary N) is 1. The summed E-state index contributed by atoms with van der Waals surface area (Å²) in [5.74, 6) is 0.375. The lowest BCUT2D eigenvalue weighted by Crippen LogP contribution is -2.30. The molecule has 0 saturated carbocycles. The third-order valence-corrected chi connectivity index (χ3v) is 5.82. The molecule has 0 radical (unpaired) electrons. The van der Waals surface area contributed by atoms with Crippen LogP contribution in [0.1, 0.15) is 12.5 Å². The van der Waals surface area contributed by atoms with Gasteiger partial charge in [-0.25, -0.2) is 4.98 Å². The summed E-state index contributed by atoms with van der Waals surface area (Å²) in [5.41, 5.74) is 5.02. The Kier molecular flexibility index (Phi) is 6.35. The van der Waals surface area contributed by atoms with Crippen LogP contribution in [0.5, 0.6) is 5.75 Å². The molecule has 0 aliphatic carbocycles. The topological polar surface area (TPSA) is 51.2 Å². The number of anilines is 1. The molecule has 4 aromatic rings. The number of rotatable bonds is 6. The highest BCUT2D eigenvalue weighted by Crippen LogP contribution is 2.28. The SMILES string of the molecule is Cc1cc(Cl)ccc1OC(C)C(=O)Nc1nc(-c2ccc(-c3ccccc3)cc2)cs1. The van der Waals surface area contributed by atoms with E-state index in [2.05, 4.69) is 34.6 Å². The lowest BCUT2D eigenvalue weighted by molar-refractivity contribution is -0.122. The Morgan fingerprint density at radius 2 is 1.68 bits per heavy atom. The predicted octanol–water partition coefficient (Wildman–Crippen LogP) is 6.84. The molecule has 1 unspecified atom stereocenters. The molecule has 1 N–H and O–H groups in total. The minimum absolute atomic E-state index is 0.255. The van der Waals surface area contributed by atoms with Gasteiger partial charge >= 0.3 is 0 Å². The molecule has 1 amide bonds. The van der Waals surface area contributed by atoms with Gasteiger partial charge in [-0.2, -0.15) is 0 Å². The molecule has 1 atom stereocenters. The summed E-state index contributed by atoms with van der Waals surface area (Å²) in [6.07, 6.45) is -0.669. The molecule has 0 fully saturated rings. The number of thiazole rings is 1. The number of aromatic nitrogens is 1. The smallest absolute Gasteiger partial charge is 0.266 e. The van der Waals surface area contributed by atoms with Crippen molar-refractivity contribution in [2.75, 3.05) is 5.32 Å². The average molecular weight is 449 g/mol. The molecule has 6 heteroatoms. The normalized spacial score (nSPS) is 11.7. The van der Waals surface area contributed by atoms with E-state index in [1.165, 1.54) is 16.9 Å². The van der Waals surface area contributed by atoms with E-state index in [4.69, 9.17) is 16.3 Å². The van der Waals surface area contributed by atoms with Crippen molar-refractivity contribution in [3.63, 3.8) is 0 Å². The highest BCUT2D eigenvalue weighted by atomic mass is 35.5. The molecule has 156 valence electrons. The van der Waals surface area contributed by atoms with Crippen molar-refractivity contribution in [1.82, 2.24) is 4.98 Å². The first kappa shape index (κ1) is 21.1. The maximum atomic E-state index is 12.5. The zero-order valence-corrected chi connectivity index (χ0v) is 18.7. The van der Waals surface area contributed by atoms with Gasteiger partial charge in [0, 0.05) is 16.0 Å². The largest absolute Gasteiger partial charge is 0.481 e. The number of hydrogen-bond acceptors (Lipinski definition) is 4. The second kappa shape index (κ2) is 9.33. The molecule has 31 heavy (non-hydrogen) atoms. The molecule has 0 aliphatic rings. The van der Waals surface area contributed by atoms with E-state index in [-0.39, 0.29) is 5.91 Å². The van der Waals surface area contributed by atoms with Gasteiger partial charge in [0.05, 0.1) is 5.69 Å². The standard InChI is InChI=1S/C25H21ClN2O2S/c1-16-14-21(26)12-13-23(16)30-17(2)24(29)28-25-27-22(15-31-25)20-10-8-19(9-11-20)18-6-4-3-5-7-18/h3-15,17H,1-2H3,(H,27,28,29). The van der Waals surface area contributed by atoms with Gasteiger partial charge < -0.3 is 4.74 Å². The predicted molar refractivity (Wildman–Crippen MR) is 128 cm³/mol. The quantitative estimate of drug-likeness (QED) is 0.351. The van der Waals surface area contributed by atoms with Gasteiger partial charge in [0.2, 0.25) is 0 Å². The molecular weight excluding hydrogens is 428 g/mol. The van der Waals surface area contributed by atoms with Crippen molar-refractivity contribution in [3.05, 3.63) is 88.8 Å². The van der Waals surface area contributed by atoms with E-state index >= 15 is 0 Å². The van der Waals surface area contributed by atoms with Crippen LogP contribution in [-0.2, 0) is 4.79 Å². The summed E-state index contributed by atoms with van der Waals surface area (Å²) in [4.78, 5) is 17.1. The Labute approximate surface area is 190 Å². The highest BCUT2D eigenvalue weighted by molar-refractivity contribution is 7.14. The molecule has 0 bridgehead atoms. The zero-order valence-electron chi connectivity index (χ0n) is 17.1. The first-order valence-electron chi connectivity index (χ1n) is 9.84. The van der Waals surface area contributed by atoms with Gasteiger partial charge in [0.15, 0.2) is 11.2 Å². The van der Waals surface area contributed by atoms with Crippen molar-refractivity contribution in [3.8, 4) is 28.1 Å². The first-order valence-corrected chi connectivity index (χ1v) is 11.1. The van der Waals surface area contributed by atoms with Gasteiger partial charge in [-0.1, -0.05) is 66.2 Å². The van der Waals surface area contributed by atoms with Crippen LogP contribution in [-0.4, -0.2) is 17.0 Å². The summed E-state index contributed by atoms with van der Waals surface area (Å²) in [6, 6.07) is 23.8. The summed E-state index contributed by atoms with van der Waals surface area (Å²) in [5, 5.41) is 5.94.